The van der Waals surface area contributed by atoms with Crippen LogP contribution in [0.1, 0.15) is 5.69 Å². The Morgan fingerprint density at radius 3 is 2.45 bits per heavy atom. The maximum atomic E-state index is 11.6. The van der Waals surface area contributed by atoms with Crippen LogP contribution < -0.4 is 10.6 Å². The van der Waals surface area contributed by atoms with Gasteiger partial charge in [0, 0.05) is 11.9 Å². The van der Waals surface area contributed by atoms with Crippen molar-refractivity contribution in [2.45, 2.75) is 6.54 Å². The molecule has 6 heteroatoms. The van der Waals surface area contributed by atoms with Crippen molar-refractivity contribution in [3.8, 4) is 5.75 Å². The molecule has 2 rings (SSSR count). The lowest BCUT2D eigenvalue weighted by molar-refractivity contribution is -0.136. The molecule has 1 heterocycles. The Hall–Kier alpha value is -2.89. The number of pyridine rings is 1. The number of amides is 2. The van der Waals surface area contributed by atoms with E-state index in [1.54, 1.807) is 24.4 Å². The third-order valence-corrected chi connectivity index (χ3v) is 2.49. The summed E-state index contributed by atoms with van der Waals surface area (Å²) in [7, 11) is 0. The molecule has 6 nitrogen and oxygen atoms in total. The van der Waals surface area contributed by atoms with Gasteiger partial charge in [-0.25, -0.2) is 0 Å². The molecule has 102 valence electrons. The molecule has 0 fully saturated rings. The van der Waals surface area contributed by atoms with Gasteiger partial charge in [-0.15, -0.1) is 0 Å². The molecule has 20 heavy (non-hydrogen) atoms. The van der Waals surface area contributed by atoms with Crippen LogP contribution in [-0.4, -0.2) is 21.9 Å². The van der Waals surface area contributed by atoms with Crippen molar-refractivity contribution in [2.24, 2.45) is 0 Å². The number of benzene rings is 1. The Bertz CT molecular complexity index is 597. The first kappa shape index (κ1) is 13.5. The summed E-state index contributed by atoms with van der Waals surface area (Å²) < 4.78 is 0. The van der Waals surface area contributed by atoms with Crippen LogP contribution in [0.5, 0.6) is 5.75 Å². The summed E-state index contributed by atoms with van der Waals surface area (Å²) in [6, 6.07) is 11.1. The number of nitrogens with one attached hydrogen (secondary N) is 2. The second kappa shape index (κ2) is 6.33. The third-order valence-electron chi connectivity index (χ3n) is 2.49. The van der Waals surface area contributed by atoms with Gasteiger partial charge in [-0.05, 0) is 36.4 Å². The standard InChI is InChI=1S/C14H13N3O3/c18-12-6-4-10(5-7-12)17-14(20)13(19)16-9-11-3-1-2-8-15-11/h1-8,18H,9H2,(H,16,19)(H,17,20). The molecule has 1 aromatic carbocycles. The third kappa shape index (κ3) is 3.81. The minimum atomic E-state index is -0.772. The predicted octanol–water partition coefficient (Wildman–Crippen LogP) is 1.04. The van der Waals surface area contributed by atoms with Gasteiger partial charge in [0.15, 0.2) is 0 Å². The highest BCUT2D eigenvalue weighted by molar-refractivity contribution is 6.39. The van der Waals surface area contributed by atoms with E-state index in [9.17, 15) is 9.59 Å². The van der Waals surface area contributed by atoms with Crippen LogP contribution in [0.2, 0.25) is 0 Å². The molecule has 0 radical (unpaired) electrons. The lowest BCUT2D eigenvalue weighted by Gasteiger charge is -2.06. The van der Waals surface area contributed by atoms with Crippen molar-refractivity contribution in [3.63, 3.8) is 0 Å². The first-order chi connectivity index (χ1) is 9.65. The molecule has 0 saturated heterocycles. The zero-order valence-electron chi connectivity index (χ0n) is 10.5. The molecule has 0 atom stereocenters. The zero-order valence-corrected chi connectivity index (χ0v) is 10.5. The number of nitrogens with zero attached hydrogens (tertiary/aromatic N) is 1. The topological polar surface area (TPSA) is 91.3 Å². The second-order valence-corrected chi connectivity index (χ2v) is 4.00. The van der Waals surface area contributed by atoms with E-state index in [1.165, 1.54) is 24.3 Å². The van der Waals surface area contributed by atoms with E-state index < -0.39 is 11.8 Å². The minimum absolute atomic E-state index is 0.0857. The van der Waals surface area contributed by atoms with Crippen LogP contribution in [0.25, 0.3) is 0 Å². The summed E-state index contributed by atoms with van der Waals surface area (Å²) in [5.41, 5.74) is 1.10. The average Bonchev–Trinajstić information content (AvgIpc) is 2.48. The van der Waals surface area contributed by atoms with E-state index in [0.717, 1.165) is 0 Å². The summed E-state index contributed by atoms with van der Waals surface area (Å²) in [5.74, 6) is -1.43. The Balaban J connectivity index is 1.86. The fourth-order valence-electron chi connectivity index (χ4n) is 1.49. The lowest BCUT2D eigenvalue weighted by atomic mass is 10.3. The van der Waals surface area contributed by atoms with Crippen molar-refractivity contribution in [2.75, 3.05) is 5.32 Å². The minimum Gasteiger partial charge on any atom is -0.508 e. The number of rotatable bonds is 3. The summed E-state index contributed by atoms with van der Waals surface area (Å²) >= 11 is 0. The van der Waals surface area contributed by atoms with E-state index >= 15 is 0 Å². The smallest absolute Gasteiger partial charge is 0.313 e. The van der Waals surface area contributed by atoms with Crippen LogP contribution in [0, 0.1) is 0 Å². The summed E-state index contributed by atoms with van der Waals surface area (Å²) in [5, 5.41) is 14.0. The number of aromatic hydroxyl groups is 1. The van der Waals surface area contributed by atoms with Gasteiger partial charge in [-0.3, -0.25) is 14.6 Å². The van der Waals surface area contributed by atoms with Crippen LogP contribution in [0.3, 0.4) is 0 Å². The van der Waals surface area contributed by atoms with Crippen molar-refractivity contribution < 1.29 is 14.7 Å². The van der Waals surface area contributed by atoms with Gasteiger partial charge in [0.1, 0.15) is 5.75 Å². The number of carbonyl (C=O) groups is 2. The second-order valence-electron chi connectivity index (χ2n) is 4.00. The van der Waals surface area contributed by atoms with Gasteiger partial charge < -0.3 is 15.7 Å². The number of hydrogen-bond donors (Lipinski definition) is 3. The van der Waals surface area contributed by atoms with Crippen molar-refractivity contribution in [1.29, 1.82) is 0 Å². The molecule has 3 N–H and O–H groups in total. The fraction of sp³-hybridized carbons (Fsp3) is 0.0714. The van der Waals surface area contributed by atoms with E-state index in [4.69, 9.17) is 5.11 Å². The SMILES string of the molecule is O=C(NCc1ccccn1)C(=O)Nc1ccc(O)cc1. The van der Waals surface area contributed by atoms with E-state index in [1.807, 2.05) is 0 Å². The lowest BCUT2D eigenvalue weighted by Crippen LogP contribution is -2.35. The van der Waals surface area contributed by atoms with Crippen LogP contribution >= 0.6 is 0 Å². The zero-order chi connectivity index (χ0) is 14.4. The van der Waals surface area contributed by atoms with Crippen LogP contribution in [-0.2, 0) is 16.1 Å². The number of phenolic OH excluding ortho intramolecular Hbond substituents is 1. The largest absolute Gasteiger partial charge is 0.508 e. The molecule has 0 spiro atoms. The molecule has 0 aliphatic heterocycles. The Morgan fingerprint density at radius 1 is 1.05 bits per heavy atom. The van der Waals surface area contributed by atoms with Crippen molar-refractivity contribution >= 4 is 17.5 Å². The monoisotopic (exact) mass is 271 g/mol. The van der Waals surface area contributed by atoms with Gasteiger partial charge in [0.05, 0.1) is 12.2 Å². The highest BCUT2D eigenvalue weighted by Gasteiger charge is 2.13. The molecular formula is C14H13N3O3. The summed E-state index contributed by atoms with van der Waals surface area (Å²) in [6.45, 7) is 0.183. The first-order valence-corrected chi connectivity index (χ1v) is 5.93. The molecule has 0 unspecified atom stereocenters. The van der Waals surface area contributed by atoms with Gasteiger partial charge in [-0.1, -0.05) is 6.07 Å². The predicted molar refractivity (Wildman–Crippen MR) is 72.8 cm³/mol. The van der Waals surface area contributed by atoms with Gasteiger partial charge in [-0.2, -0.15) is 0 Å². The molecule has 0 bridgehead atoms. The maximum Gasteiger partial charge on any atom is 0.313 e. The highest BCUT2D eigenvalue weighted by Crippen LogP contribution is 2.13. The van der Waals surface area contributed by atoms with Gasteiger partial charge in [0.2, 0.25) is 0 Å². The summed E-state index contributed by atoms with van der Waals surface area (Å²) in [6.07, 6.45) is 1.61. The number of aromatic nitrogens is 1. The molecule has 2 amide bonds. The van der Waals surface area contributed by atoms with E-state index in [0.29, 0.717) is 11.4 Å². The summed E-state index contributed by atoms with van der Waals surface area (Å²) in [4.78, 5) is 27.2. The van der Waals surface area contributed by atoms with E-state index in [-0.39, 0.29) is 12.3 Å². The number of anilines is 1. The maximum absolute atomic E-state index is 11.6. The Labute approximate surface area is 115 Å². The molecule has 0 saturated carbocycles. The first-order valence-electron chi connectivity index (χ1n) is 5.93. The quantitative estimate of drug-likeness (QED) is 0.574. The van der Waals surface area contributed by atoms with Crippen molar-refractivity contribution in [3.05, 3.63) is 54.4 Å². The number of phenols is 1. The Kier molecular flexibility index (Phi) is 4.28. The highest BCUT2D eigenvalue weighted by atomic mass is 16.3. The normalized spacial score (nSPS) is 9.80. The Morgan fingerprint density at radius 2 is 1.80 bits per heavy atom. The van der Waals surface area contributed by atoms with Gasteiger partial charge >= 0.3 is 11.8 Å². The molecule has 0 aliphatic carbocycles. The molecule has 0 aliphatic rings. The van der Waals surface area contributed by atoms with E-state index in [2.05, 4.69) is 15.6 Å². The van der Waals surface area contributed by atoms with Crippen molar-refractivity contribution in [1.82, 2.24) is 10.3 Å². The number of carbonyl (C=O) groups excluding carboxylic acids is 2. The average molecular weight is 271 g/mol. The van der Waals surface area contributed by atoms with Crippen LogP contribution in [0.15, 0.2) is 48.7 Å². The fourth-order valence-corrected chi connectivity index (χ4v) is 1.49. The van der Waals surface area contributed by atoms with Crippen LogP contribution in [0.4, 0.5) is 5.69 Å². The number of hydrogen-bond acceptors (Lipinski definition) is 4. The molecule has 2 aromatic rings. The van der Waals surface area contributed by atoms with Gasteiger partial charge in [0.25, 0.3) is 0 Å². The molecular weight excluding hydrogens is 258 g/mol. The molecule has 1 aromatic heterocycles.